The van der Waals surface area contributed by atoms with E-state index in [1.54, 1.807) is 0 Å². The number of carbonyl (C=O) groups is 1. The highest BCUT2D eigenvalue weighted by Gasteiger charge is 2.34. The molecule has 0 fully saturated rings. The van der Waals surface area contributed by atoms with Crippen molar-refractivity contribution in [3.63, 3.8) is 0 Å². The SMILES string of the molecule is C=C(C)C(=O)P(=O)(OCCCC)OCCCC. The minimum Gasteiger partial charge on any atom is -0.303 e. The molecule has 0 saturated heterocycles. The molecule has 0 aliphatic carbocycles. The van der Waals surface area contributed by atoms with Crippen molar-refractivity contribution in [2.75, 3.05) is 13.2 Å². The summed E-state index contributed by atoms with van der Waals surface area (Å²) in [5.41, 5.74) is -0.397. The number of unbranched alkanes of at least 4 members (excludes halogenated alkanes) is 2. The zero-order chi connectivity index (χ0) is 13.3. The molecule has 0 N–H and O–H groups in total. The van der Waals surface area contributed by atoms with E-state index < -0.39 is 13.1 Å². The summed E-state index contributed by atoms with van der Waals surface area (Å²) in [6.07, 6.45) is 3.33. The van der Waals surface area contributed by atoms with Gasteiger partial charge in [0.15, 0.2) is 0 Å². The van der Waals surface area contributed by atoms with Gasteiger partial charge in [-0.1, -0.05) is 33.3 Å². The van der Waals surface area contributed by atoms with Crippen LogP contribution >= 0.6 is 7.60 Å². The standard InChI is InChI=1S/C12H23O4P/c1-5-7-9-15-17(14,12(13)11(3)4)16-10-8-6-2/h3,5-10H2,1-2,4H3. The second-order valence-electron chi connectivity index (χ2n) is 3.96. The fourth-order valence-corrected chi connectivity index (χ4v) is 2.56. The molecule has 0 heterocycles. The molecule has 0 bridgehead atoms. The summed E-state index contributed by atoms with van der Waals surface area (Å²) in [5.74, 6) is 0. The third-order valence-electron chi connectivity index (χ3n) is 2.13. The molecule has 0 atom stereocenters. The van der Waals surface area contributed by atoms with Gasteiger partial charge in [0, 0.05) is 0 Å². The minimum atomic E-state index is -3.66. The van der Waals surface area contributed by atoms with E-state index in [1.165, 1.54) is 6.92 Å². The van der Waals surface area contributed by atoms with E-state index in [4.69, 9.17) is 9.05 Å². The van der Waals surface area contributed by atoms with Gasteiger partial charge in [0.1, 0.15) is 0 Å². The quantitative estimate of drug-likeness (QED) is 0.340. The first-order chi connectivity index (χ1) is 7.98. The molecule has 5 heteroatoms. The van der Waals surface area contributed by atoms with Crippen molar-refractivity contribution in [1.29, 1.82) is 0 Å². The predicted molar refractivity (Wildman–Crippen MR) is 69.1 cm³/mol. The molecule has 4 nitrogen and oxygen atoms in total. The number of rotatable bonds is 10. The van der Waals surface area contributed by atoms with Gasteiger partial charge in [0.2, 0.25) is 0 Å². The third kappa shape index (κ3) is 6.16. The van der Waals surface area contributed by atoms with Crippen LogP contribution in [-0.2, 0) is 18.4 Å². The molecule has 0 aromatic heterocycles. The van der Waals surface area contributed by atoms with Crippen molar-refractivity contribution in [3.8, 4) is 0 Å². The van der Waals surface area contributed by atoms with Crippen molar-refractivity contribution in [3.05, 3.63) is 12.2 Å². The second-order valence-corrected chi connectivity index (χ2v) is 5.87. The Morgan fingerprint density at radius 3 is 1.82 bits per heavy atom. The van der Waals surface area contributed by atoms with E-state index >= 15 is 0 Å². The van der Waals surface area contributed by atoms with Gasteiger partial charge in [-0.2, -0.15) is 0 Å². The second kappa shape index (κ2) is 8.62. The van der Waals surface area contributed by atoms with Gasteiger partial charge in [0.25, 0.3) is 5.52 Å². The Morgan fingerprint density at radius 1 is 1.12 bits per heavy atom. The van der Waals surface area contributed by atoms with Crippen molar-refractivity contribution in [1.82, 2.24) is 0 Å². The van der Waals surface area contributed by atoms with E-state index in [9.17, 15) is 9.36 Å². The van der Waals surface area contributed by atoms with Gasteiger partial charge in [-0.25, -0.2) is 0 Å². The first-order valence-electron chi connectivity index (χ1n) is 6.07. The lowest BCUT2D eigenvalue weighted by atomic mass is 10.4. The Morgan fingerprint density at radius 2 is 1.53 bits per heavy atom. The van der Waals surface area contributed by atoms with Crippen LogP contribution in [-0.4, -0.2) is 18.7 Å². The summed E-state index contributed by atoms with van der Waals surface area (Å²) in [6.45, 7) is 9.55. The van der Waals surface area contributed by atoms with E-state index in [0.29, 0.717) is 0 Å². The molecule has 0 aromatic rings. The van der Waals surface area contributed by atoms with Crippen molar-refractivity contribution >= 4 is 13.1 Å². The zero-order valence-electron chi connectivity index (χ0n) is 11.0. The Hall–Kier alpha value is -0.440. The summed E-state index contributed by atoms with van der Waals surface area (Å²) in [5, 5.41) is 0. The van der Waals surface area contributed by atoms with Gasteiger partial charge in [-0.05, 0) is 25.3 Å². The summed E-state index contributed by atoms with van der Waals surface area (Å²) in [7, 11) is -3.66. The van der Waals surface area contributed by atoms with Crippen molar-refractivity contribution < 1.29 is 18.4 Å². The molecule has 0 aliphatic heterocycles. The molecule has 0 saturated carbocycles. The monoisotopic (exact) mass is 262 g/mol. The van der Waals surface area contributed by atoms with Crippen molar-refractivity contribution in [2.24, 2.45) is 0 Å². The minimum absolute atomic E-state index is 0.210. The van der Waals surface area contributed by atoms with Gasteiger partial charge in [0.05, 0.1) is 13.2 Å². The van der Waals surface area contributed by atoms with Crippen LogP contribution in [0.25, 0.3) is 0 Å². The number of carbonyl (C=O) groups excluding carboxylic acids is 1. The summed E-state index contributed by atoms with van der Waals surface area (Å²) < 4.78 is 22.6. The molecule has 0 aromatic carbocycles. The Labute approximate surface area is 104 Å². The first kappa shape index (κ1) is 16.6. The van der Waals surface area contributed by atoms with Gasteiger partial charge in [-0.3, -0.25) is 9.36 Å². The normalized spacial score (nSPS) is 11.5. The van der Waals surface area contributed by atoms with E-state index in [0.717, 1.165) is 25.7 Å². The average Bonchev–Trinajstić information content (AvgIpc) is 2.28. The molecule has 0 unspecified atom stereocenters. The highest BCUT2D eigenvalue weighted by molar-refractivity contribution is 7.72. The Balaban J connectivity index is 4.51. The lowest BCUT2D eigenvalue weighted by Crippen LogP contribution is -2.09. The van der Waals surface area contributed by atoms with E-state index in [2.05, 4.69) is 6.58 Å². The van der Waals surface area contributed by atoms with Gasteiger partial charge >= 0.3 is 7.60 Å². The first-order valence-corrected chi connectivity index (χ1v) is 7.61. The highest BCUT2D eigenvalue weighted by Crippen LogP contribution is 2.51. The summed E-state index contributed by atoms with van der Waals surface area (Å²) >= 11 is 0. The molecular weight excluding hydrogens is 239 g/mol. The molecule has 0 aliphatic rings. The van der Waals surface area contributed by atoms with Crippen LogP contribution in [0.15, 0.2) is 12.2 Å². The third-order valence-corrected chi connectivity index (χ3v) is 4.06. The molecule has 0 rings (SSSR count). The van der Waals surface area contributed by atoms with Gasteiger partial charge < -0.3 is 9.05 Å². The fourth-order valence-electron chi connectivity index (χ4n) is 1.05. The lowest BCUT2D eigenvalue weighted by molar-refractivity contribution is -0.110. The smallest absolute Gasteiger partial charge is 0.303 e. The Kier molecular flexibility index (Phi) is 8.40. The zero-order valence-corrected chi connectivity index (χ0v) is 11.9. The van der Waals surface area contributed by atoms with Crippen LogP contribution in [0.3, 0.4) is 0 Å². The maximum absolute atomic E-state index is 12.2. The number of allylic oxidation sites excluding steroid dienone is 1. The molecule has 0 radical (unpaired) electrons. The Bertz CT molecular complexity index is 285. The van der Waals surface area contributed by atoms with Crippen LogP contribution in [0, 0.1) is 0 Å². The number of hydrogen-bond donors (Lipinski definition) is 0. The van der Waals surface area contributed by atoms with Crippen LogP contribution < -0.4 is 0 Å². The average molecular weight is 262 g/mol. The molecule has 17 heavy (non-hydrogen) atoms. The predicted octanol–water partition coefficient (Wildman–Crippen LogP) is 3.92. The lowest BCUT2D eigenvalue weighted by Gasteiger charge is -2.17. The summed E-state index contributed by atoms with van der Waals surface area (Å²) in [6, 6.07) is 0. The molecule has 0 spiro atoms. The largest absolute Gasteiger partial charge is 0.401 e. The maximum atomic E-state index is 12.2. The van der Waals surface area contributed by atoms with Crippen molar-refractivity contribution in [2.45, 2.75) is 46.5 Å². The molecular formula is C12H23O4P. The van der Waals surface area contributed by atoms with Crippen LogP contribution in [0.4, 0.5) is 0 Å². The van der Waals surface area contributed by atoms with Gasteiger partial charge in [-0.15, -0.1) is 0 Å². The molecule has 100 valence electrons. The maximum Gasteiger partial charge on any atom is 0.401 e. The summed E-state index contributed by atoms with van der Waals surface area (Å²) in [4.78, 5) is 11.7. The van der Waals surface area contributed by atoms with Crippen LogP contribution in [0.5, 0.6) is 0 Å². The topological polar surface area (TPSA) is 52.6 Å². The van der Waals surface area contributed by atoms with Crippen LogP contribution in [0.1, 0.15) is 46.5 Å². The number of hydrogen-bond acceptors (Lipinski definition) is 4. The van der Waals surface area contributed by atoms with E-state index in [1.807, 2.05) is 13.8 Å². The fraction of sp³-hybridized carbons (Fsp3) is 0.750. The van der Waals surface area contributed by atoms with E-state index in [-0.39, 0.29) is 18.8 Å². The van der Waals surface area contributed by atoms with Crippen LogP contribution in [0.2, 0.25) is 0 Å². The highest BCUT2D eigenvalue weighted by atomic mass is 31.2. The molecule has 0 amide bonds.